The molecule has 9 heteroatoms. The molecule has 0 radical (unpaired) electrons. The Morgan fingerprint density at radius 1 is 1.29 bits per heavy atom. The predicted octanol–water partition coefficient (Wildman–Crippen LogP) is 1.79. The van der Waals surface area contributed by atoms with Crippen LogP contribution >= 0.6 is 0 Å². The zero-order valence-corrected chi connectivity index (χ0v) is 20.3. The maximum Gasteiger partial charge on any atom is 0.227 e. The molecule has 9 nitrogen and oxygen atoms in total. The van der Waals surface area contributed by atoms with Crippen molar-refractivity contribution in [3.8, 4) is 0 Å². The van der Waals surface area contributed by atoms with Gasteiger partial charge in [0.2, 0.25) is 11.8 Å². The molecule has 0 aliphatic carbocycles. The van der Waals surface area contributed by atoms with E-state index in [-0.39, 0.29) is 30.4 Å². The number of aromatic nitrogens is 2. The average molecular weight is 469 g/mol. The molecule has 3 heterocycles. The Morgan fingerprint density at radius 2 is 2.00 bits per heavy atom. The number of carbonyl (C=O) groups is 2. The predicted molar refractivity (Wildman–Crippen MR) is 130 cm³/mol. The van der Waals surface area contributed by atoms with Crippen LogP contribution in [-0.4, -0.2) is 74.6 Å². The summed E-state index contributed by atoms with van der Waals surface area (Å²) in [5, 5.41) is 22.1. The molecule has 0 bridgehead atoms. The molecule has 2 saturated heterocycles. The van der Waals surface area contributed by atoms with E-state index in [0.717, 1.165) is 16.9 Å². The largest absolute Gasteiger partial charge is 0.388 e. The topological polar surface area (TPSA) is 103 Å². The zero-order chi connectivity index (χ0) is 24.3. The minimum atomic E-state index is -0.973. The van der Waals surface area contributed by atoms with E-state index < -0.39 is 5.60 Å². The summed E-state index contributed by atoms with van der Waals surface area (Å²) in [7, 11) is 1.86. The fourth-order valence-corrected chi connectivity index (χ4v) is 4.84. The number of aliphatic hydroxyl groups is 1. The molecule has 2 fully saturated rings. The van der Waals surface area contributed by atoms with Crippen LogP contribution in [0.2, 0.25) is 0 Å². The molecule has 2 aliphatic heterocycles. The Morgan fingerprint density at radius 3 is 2.62 bits per heavy atom. The third-order valence-corrected chi connectivity index (χ3v) is 6.98. The first-order chi connectivity index (χ1) is 16.2. The van der Waals surface area contributed by atoms with Crippen LogP contribution in [0.15, 0.2) is 36.5 Å². The Hall–Kier alpha value is -2.91. The van der Waals surface area contributed by atoms with Crippen molar-refractivity contribution in [3.05, 3.63) is 47.8 Å². The van der Waals surface area contributed by atoms with E-state index in [9.17, 15) is 14.7 Å². The number of β-amino-alcohol motifs (C(OH)–C–C–N with tert-alkyl or cyclic N) is 1. The van der Waals surface area contributed by atoms with Gasteiger partial charge in [-0.1, -0.05) is 37.3 Å². The minimum absolute atomic E-state index is 0.00131. The Balaban J connectivity index is 1.24. The number of piperidine rings is 1. The summed E-state index contributed by atoms with van der Waals surface area (Å²) in [6.07, 6.45) is 3.42. The van der Waals surface area contributed by atoms with Crippen LogP contribution in [0, 0.1) is 6.92 Å². The van der Waals surface area contributed by atoms with Crippen molar-refractivity contribution in [2.75, 3.05) is 31.6 Å². The zero-order valence-electron chi connectivity index (χ0n) is 20.3. The van der Waals surface area contributed by atoms with E-state index in [1.54, 1.807) is 9.58 Å². The van der Waals surface area contributed by atoms with Gasteiger partial charge >= 0.3 is 0 Å². The standard InChI is InChI=1S/C25H36N6O3/c1-18(20-7-5-4-6-8-20)13-23(32)30-11-9-25(34,10-12-30)16-31-17-26-22(14-24(31)33)27-21-15-29(3)28-19(21)2/h4-8,15,18,22,26-27,34H,9-14,16-17H2,1-3H3/t18-,22?/m1/s1. The normalized spacial score (nSPS) is 21.4. The SMILES string of the molecule is Cc1nn(C)cc1NC1CC(=O)N(CC2(O)CCN(C(=O)C[C@@H](C)c3ccccc3)CC2)CN1. The third-order valence-electron chi connectivity index (χ3n) is 6.98. The number of amides is 2. The molecule has 4 rings (SSSR count). The molecular weight excluding hydrogens is 432 g/mol. The highest BCUT2D eigenvalue weighted by Crippen LogP contribution is 2.27. The van der Waals surface area contributed by atoms with Gasteiger partial charge in [0, 0.05) is 32.8 Å². The first kappa shape index (κ1) is 24.2. The number of carbonyl (C=O) groups excluding carboxylic acids is 2. The molecule has 2 aromatic rings. The molecular formula is C25H36N6O3. The Labute approximate surface area is 201 Å². The van der Waals surface area contributed by atoms with Crippen LogP contribution in [0.1, 0.15) is 49.8 Å². The second kappa shape index (κ2) is 10.1. The lowest BCUT2D eigenvalue weighted by Gasteiger charge is -2.43. The van der Waals surface area contributed by atoms with E-state index in [2.05, 4.69) is 34.8 Å². The van der Waals surface area contributed by atoms with Crippen LogP contribution in [0.5, 0.6) is 0 Å². The van der Waals surface area contributed by atoms with Gasteiger partial charge in [0.15, 0.2) is 0 Å². The number of likely N-dealkylation sites (tertiary alicyclic amines) is 1. The van der Waals surface area contributed by atoms with E-state index in [1.807, 2.05) is 43.3 Å². The molecule has 1 aromatic carbocycles. The maximum atomic E-state index is 12.8. The fraction of sp³-hybridized carbons (Fsp3) is 0.560. The Bertz CT molecular complexity index is 999. The van der Waals surface area contributed by atoms with Gasteiger partial charge < -0.3 is 20.2 Å². The Kier molecular flexibility index (Phi) is 7.23. The number of benzene rings is 1. The second-order valence-corrected chi connectivity index (χ2v) is 9.78. The molecule has 1 unspecified atom stereocenters. The number of anilines is 1. The number of rotatable bonds is 7. The summed E-state index contributed by atoms with van der Waals surface area (Å²) >= 11 is 0. The van der Waals surface area contributed by atoms with Crippen LogP contribution in [0.3, 0.4) is 0 Å². The molecule has 2 atom stereocenters. The van der Waals surface area contributed by atoms with Crippen molar-refractivity contribution in [2.45, 2.75) is 57.2 Å². The lowest BCUT2D eigenvalue weighted by Crippen LogP contribution is -2.59. The molecule has 2 amide bonds. The monoisotopic (exact) mass is 468 g/mol. The molecule has 3 N–H and O–H groups in total. The maximum absolute atomic E-state index is 12.8. The molecule has 1 aromatic heterocycles. The average Bonchev–Trinajstić information content (AvgIpc) is 3.13. The highest BCUT2D eigenvalue weighted by Gasteiger charge is 2.38. The summed E-state index contributed by atoms with van der Waals surface area (Å²) in [5.74, 6) is 0.277. The summed E-state index contributed by atoms with van der Waals surface area (Å²) < 4.78 is 1.74. The molecule has 34 heavy (non-hydrogen) atoms. The van der Waals surface area contributed by atoms with Gasteiger partial charge in [-0.25, -0.2) is 0 Å². The van der Waals surface area contributed by atoms with Crippen LogP contribution in [0.25, 0.3) is 0 Å². The van der Waals surface area contributed by atoms with Crippen molar-refractivity contribution < 1.29 is 14.7 Å². The molecule has 2 aliphatic rings. The van der Waals surface area contributed by atoms with E-state index in [0.29, 0.717) is 45.4 Å². The quantitative estimate of drug-likeness (QED) is 0.573. The van der Waals surface area contributed by atoms with E-state index >= 15 is 0 Å². The molecule has 0 saturated carbocycles. The summed E-state index contributed by atoms with van der Waals surface area (Å²) in [4.78, 5) is 29.1. The van der Waals surface area contributed by atoms with Crippen molar-refractivity contribution in [3.63, 3.8) is 0 Å². The van der Waals surface area contributed by atoms with Crippen molar-refractivity contribution in [1.82, 2.24) is 24.9 Å². The fourth-order valence-electron chi connectivity index (χ4n) is 4.84. The smallest absolute Gasteiger partial charge is 0.227 e. The highest BCUT2D eigenvalue weighted by atomic mass is 16.3. The van der Waals surface area contributed by atoms with Crippen LogP contribution < -0.4 is 10.6 Å². The lowest BCUT2D eigenvalue weighted by molar-refractivity contribution is -0.144. The van der Waals surface area contributed by atoms with E-state index in [1.165, 1.54) is 0 Å². The summed E-state index contributed by atoms with van der Waals surface area (Å²) in [6, 6.07) is 10.1. The molecule has 0 spiro atoms. The van der Waals surface area contributed by atoms with Crippen molar-refractivity contribution >= 4 is 17.5 Å². The number of hydrogen-bond acceptors (Lipinski definition) is 6. The van der Waals surface area contributed by atoms with Gasteiger partial charge in [0.05, 0.1) is 42.8 Å². The third kappa shape index (κ3) is 5.77. The first-order valence-corrected chi connectivity index (χ1v) is 12.1. The number of nitrogens with zero attached hydrogens (tertiary/aromatic N) is 4. The highest BCUT2D eigenvalue weighted by molar-refractivity contribution is 5.78. The summed E-state index contributed by atoms with van der Waals surface area (Å²) in [5.41, 5.74) is 1.97. The minimum Gasteiger partial charge on any atom is -0.388 e. The van der Waals surface area contributed by atoms with Gasteiger partial charge in [-0.3, -0.25) is 19.6 Å². The van der Waals surface area contributed by atoms with Crippen LogP contribution in [0.4, 0.5) is 5.69 Å². The van der Waals surface area contributed by atoms with Crippen molar-refractivity contribution in [1.29, 1.82) is 0 Å². The van der Waals surface area contributed by atoms with Crippen LogP contribution in [-0.2, 0) is 16.6 Å². The first-order valence-electron chi connectivity index (χ1n) is 12.1. The second-order valence-electron chi connectivity index (χ2n) is 9.78. The number of aryl methyl sites for hydroxylation is 2. The van der Waals surface area contributed by atoms with E-state index in [4.69, 9.17) is 0 Å². The van der Waals surface area contributed by atoms with Gasteiger partial charge in [-0.05, 0) is 31.2 Å². The van der Waals surface area contributed by atoms with Gasteiger partial charge in [-0.2, -0.15) is 5.10 Å². The number of nitrogens with one attached hydrogen (secondary N) is 2. The van der Waals surface area contributed by atoms with Gasteiger partial charge in [-0.15, -0.1) is 0 Å². The van der Waals surface area contributed by atoms with Gasteiger partial charge in [0.25, 0.3) is 0 Å². The van der Waals surface area contributed by atoms with Crippen molar-refractivity contribution in [2.24, 2.45) is 7.05 Å². The summed E-state index contributed by atoms with van der Waals surface area (Å²) in [6.45, 7) is 5.66. The van der Waals surface area contributed by atoms with Gasteiger partial charge in [0.1, 0.15) is 0 Å². The number of hydrogen-bond donors (Lipinski definition) is 3. The molecule has 184 valence electrons. The lowest BCUT2D eigenvalue weighted by atomic mass is 9.89.